The van der Waals surface area contributed by atoms with Crippen molar-refractivity contribution in [2.75, 3.05) is 25.0 Å². The van der Waals surface area contributed by atoms with E-state index in [9.17, 15) is 0 Å². The average molecular weight is 283 g/mol. The Hall–Kier alpha value is -1.88. The first-order chi connectivity index (χ1) is 10.3. The van der Waals surface area contributed by atoms with Crippen molar-refractivity contribution in [3.05, 3.63) is 30.1 Å². The van der Waals surface area contributed by atoms with E-state index in [1.54, 1.807) is 0 Å². The zero-order valence-corrected chi connectivity index (χ0v) is 12.3. The maximum absolute atomic E-state index is 4.41. The van der Waals surface area contributed by atoms with E-state index in [0.717, 1.165) is 23.1 Å². The highest BCUT2D eigenvalue weighted by Gasteiger charge is 2.34. The Balaban J connectivity index is 1.53. The van der Waals surface area contributed by atoms with Crippen LogP contribution in [0.3, 0.4) is 0 Å². The zero-order chi connectivity index (χ0) is 14.2. The maximum Gasteiger partial charge on any atom is 0.181 e. The fraction of sp³-hybridized carbons (Fsp3) is 0.500. The minimum atomic E-state index is 0.605. The molecule has 5 heteroatoms. The largest absolute Gasteiger partial charge is 0.382 e. The van der Waals surface area contributed by atoms with Gasteiger partial charge in [0.15, 0.2) is 5.82 Å². The Labute approximate surface area is 124 Å². The van der Waals surface area contributed by atoms with Crippen molar-refractivity contribution in [1.29, 1.82) is 0 Å². The first-order valence-electron chi connectivity index (χ1n) is 7.76. The number of fused-ring (bicyclic) bond motifs is 2. The molecule has 3 unspecified atom stereocenters. The van der Waals surface area contributed by atoms with Crippen LogP contribution >= 0.6 is 0 Å². The van der Waals surface area contributed by atoms with Crippen LogP contribution in [0.5, 0.6) is 0 Å². The standard InChI is InChI=1S/C16H21N5/c1-11-17-16(20-19-11)12-3-2-4-14(9-12)18-15-6-8-21-7-5-13(15)10-21/h2-4,9,13,15,18H,5-8,10H2,1H3,(H,17,19,20). The van der Waals surface area contributed by atoms with Gasteiger partial charge in [-0.05, 0) is 44.4 Å². The van der Waals surface area contributed by atoms with E-state index in [-0.39, 0.29) is 0 Å². The SMILES string of the molecule is Cc1nc(-c2cccc(NC3CCN4CCC3C4)c2)n[nH]1. The van der Waals surface area contributed by atoms with Gasteiger partial charge >= 0.3 is 0 Å². The molecule has 3 heterocycles. The van der Waals surface area contributed by atoms with Crippen LogP contribution in [0.2, 0.25) is 0 Å². The summed E-state index contributed by atoms with van der Waals surface area (Å²) in [5, 5.41) is 10.9. The molecular weight excluding hydrogens is 262 g/mol. The van der Waals surface area contributed by atoms with Gasteiger partial charge in [-0.25, -0.2) is 4.98 Å². The molecule has 2 N–H and O–H groups in total. The minimum absolute atomic E-state index is 0.605. The summed E-state index contributed by atoms with van der Waals surface area (Å²) in [5.74, 6) is 2.42. The van der Waals surface area contributed by atoms with Gasteiger partial charge in [0.2, 0.25) is 0 Å². The Morgan fingerprint density at radius 1 is 1.29 bits per heavy atom. The Morgan fingerprint density at radius 2 is 2.19 bits per heavy atom. The molecule has 1 aromatic carbocycles. The molecule has 0 aliphatic carbocycles. The molecule has 2 aliphatic rings. The van der Waals surface area contributed by atoms with Gasteiger partial charge in [-0.1, -0.05) is 12.1 Å². The van der Waals surface area contributed by atoms with Crippen molar-refractivity contribution in [2.45, 2.75) is 25.8 Å². The third kappa shape index (κ3) is 2.53. The lowest BCUT2D eigenvalue weighted by Gasteiger charge is -2.31. The molecule has 0 spiro atoms. The monoisotopic (exact) mass is 283 g/mol. The van der Waals surface area contributed by atoms with E-state index in [0.29, 0.717) is 6.04 Å². The number of aromatic amines is 1. The van der Waals surface area contributed by atoms with Gasteiger partial charge < -0.3 is 10.2 Å². The molecule has 2 bridgehead atoms. The molecule has 2 aliphatic heterocycles. The van der Waals surface area contributed by atoms with Crippen LogP contribution in [0.1, 0.15) is 18.7 Å². The Bertz CT molecular complexity index is 635. The molecular formula is C16H21N5. The third-order valence-electron chi connectivity index (χ3n) is 4.70. The average Bonchev–Trinajstić information content (AvgIpc) is 3.10. The molecule has 2 aromatic rings. The van der Waals surface area contributed by atoms with Crippen LogP contribution in [0.4, 0.5) is 5.69 Å². The molecule has 3 atom stereocenters. The number of hydrogen-bond acceptors (Lipinski definition) is 4. The number of aromatic nitrogens is 3. The van der Waals surface area contributed by atoms with Gasteiger partial charge in [0.1, 0.15) is 5.82 Å². The number of hydrogen-bond donors (Lipinski definition) is 2. The van der Waals surface area contributed by atoms with E-state index < -0.39 is 0 Å². The second-order valence-electron chi connectivity index (χ2n) is 6.21. The summed E-state index contributed by atoms with van der Waals surface area (Å²) in [4.78, 5) is 6.98. The number of nitrogens with zero attached hydrogens (tertiary/aromatic N) is 3. The maximum atomic E-state index is 4.41. The van der Waals surface area contributed by atoms with Crippen LogP contribution in [0.25, 0.3) is 11.4 Å². The summed E-state index contributed by atoms with van der Waals surface area (Å²) < 4.78 is 0. The zero-order valence-electron chi connectivity index (χ0n) is 12.3. The normalized spacial score (nSPS) is 27.8. The fourth-order valence-electron chi connectivity index (χ4n) is 3.58. The lowest BCUT2D eigenvalue weighted by molar-refractivity contribution is 0.255. The quantitative estimate of drug-likeness (QED) is 0.907. The van der Waals surface area contributed by atoms with Crippen molar-refractivity contribution in [3.63, 3.8) is 0 Å². The van der Waals surface area contributed by atoms with Gasteiger partial charge in [0.25, 0.3) is 0 Å². The van der Waals surface area contributed by atoms with Gasteiger partial charge in [-0.15, -0.1) is 0 Å². The molecule has 4 rings (SSSR count). The van der Waals surface area contributed by atoms with Crippen LogP contribution in [0, 0.1) is 12.8 Å². The lowest BCUT2D eigenvalue weighted by atomic mass is 9.94. The van der Waals surface area contributed by atoms with Crippen LogP contribution in [-0.2, 0) is 0 Å². The van der Waals surface area contributed by atoms with Crippen molar-refractivity contribution in [1.82, 2.24) is 20.1 Å². The van der Waals surface area contributed by atoms with E-state index in [1.165, 1.54) is 38.2 Å². The van der Waals surface area contributed by atoms with Crippen LogP contribution in [-0.4, -0.2) is 45.8 Å². The molecule has 0 saturated carbocycles. The number of nitrogens with one attached hydrogen (secondary N) is 2. The highest BCUT2D eigenvalue weighted by molar-refractivity contribution is 5.62. The highest BCUT2D eigenvalue weighted by atomic mass is 15.2. The Morgan fingerprint density at radius 3 is 3.05 bits per heavy atom. The number of benzene rings is 1. The summed E-state index contributed by atoms with van der Waals surface area (Å²) in [7, 11) is 0. The van der Waals surface area contributed by atoms with Crippen molar-refractivity contribution in [2.24, 2.45) is 5.92 Å². The number of aryl methyl sites for hydroxylation is 1. The molecule has 2 saturated heterocycles. The number of rotatable bonds is 3. The predicted octanol–water partition coefficient (Wildman–Crippen LogP) is 2.29. The molecule has 21 heavy (non-hydrogen) atoms. The smallest absolute Gasteiger partial charge is 0.181 e. The number of anilines is 1. The molecule has 2 fully saturated rings. The Kier molecular flexibility index (Phi) is 3.15. The molecule has 5 nitrogen and oxygen atoms in total. The van der Waals surface area contributed by atoms with Gasteiger partial charge in [0, 0.05) is 30.4 Å². The predicted molar refractivity (Wildman–Crippen MR) is 83.1 cm³/mol. The van der Waals surface area contributed by atoms with Gasteiger partial charge in [-0.2, -0.15) is 5.10 Å². The van der Waals surface area contributed by atoms with E-state index >= 15 is 0 Å². The minimum Gasteiger partial charge on any atom is -0.382 e. The molecule has 0 amide bonds. The van der Waals surface area contributed by atoms with Crippen molar-refractivity contribution in [3.8, 4) is 11.4 Å². The lowest BCUT2D eigenvalue weighted by Crippen LogP contribution is -2.39. The number of H-pyrrole nitrogens is 1. The van der Waals surface area contributed by atoms with Gasteiger partial charge in [-0.3, -0.25) is 5.10 Å². The fourth-order valence-corrected chi connectivity index (χ4v) is 3.58. The van der Waals surface area contributed by atoms with E-state index in [4.69, 9.17) is 0 Å². The molecule has 1 aromatic heterocycles. The summed E-state index contributed by atoms with van der Waals surface area (Å²) in [6, 6.07) is 9.04. The summed E-state index contributed by atoms with van der Waals surface area (Å²) in [6.45, 7) is 5.69. The van der Waals surface area contributed by atoms with E-state index in [1.807, 2.05) is 6.92 Å². The molecule has 110 valence electrons. The highest BCUT2D eigenvalue weighted by Crippen LogP contribution is 2.30. The number of piperidine rings is 1. The van der Waals surface area contributed by atoms with Crippen molar-refractivity contribution >= 4 is 5.69 Å². The van der Waals surface area contributed by atoms with Crippen LogP contribution in [0.15, 0.2) is 24.3 Å². The summed E-state index contributed by atoms with van der Waals surface area (Å²) in [6.07, 6.45) is 2.58. The third-order valence-corrected chi connectivity index (χ3v) is 4.70. The summed E-state index contributed by atoms with van der Waals surface area (Å²) >= 11 is 0. The first-order valence-corrected chi connectivity index (χ1v) is 7.76. The van der Waals surface area contributed by atoms with Crippen molar-refractivity contribution < 1.29 is 0 Å². The topological polar surface area (TPSA) is 56.8 Å². The van der Waals surface area contributed by atoms with E-state index in [2.05, 4.69) is 49.7 Å². The first kappa shape index (κ1) is 12.8. The summed E-state index contributed by atoms with van der Waals surface area (Å²) in [5.41, 5.74) is 2.24. The van der Waals surface area contributed by atoms with Crippen LogP contribution < -0.4 is 5.32 Å². The van der Waals surface area contributed by atoms with Gasteiger partial charge in [0.05, 0.1) is 0 Å². The molecule has 0 radical (unpaired) electrons. The second-order valence-corrected chi connectivity index (χ2v) is 6.21. The second kappa shape index (κ2) is 5.15.